The van der Waals surface area contributed by atoms with Crippen LogP contribution in [0.2, 0.25) is 0 Å². The van der Waals surface area contributed by atoms with Crippen molar-refractivity contribution in [2.75, 3.05) is 54.4 Å². The van der Waals surface area contributed by atoms with Gasteiger partial charge in [-0.15, -0.1) is 0 Å². The molecule has 0 bridgehead atoms. The van der Waals surface area contributed by atoms with Crippen LogP contribution in [-0.2, 0) is 16.8 Å². The molecule has 334 valence electrons. The van der Waals surface area contributed by atoms with Gasteiger partial charge in [0.05, 0.1) is 12.3 Å². The zero-order valence-corrected chi connectivity index (χ0v) is 37.2. The number of aliphatic hydroxyl groups excluding tert-OH is 1. The lowest BCUT2D eigenvalue weighted by atomic mass is 9.89. The van der Waals surface area contributed by atoms with E-state index in [-0.39, 0.29) is 47.9 Å². The van der Waals surface area contributed by atoms with Crippen molar-refractivity contribution in [2.45, 2.75) is 84.7 Å². The first-order valence-electron chi connectivity index (χ1n) is 22.2. The molecule has 4 aromatic heterocycles. The molecule has 0 spiro atoms. The van der Waals surface area contributed by atoms with Crippen molar-refractivity contribution < 1.29 is 24.0 Å². The normalized spacial score (nSPS) is 15.5. The zero-order valence-electron chi connectivity index (χ0n) is 37.2. The number of hydrogen-bond donors (Lipinski definition) is 5. The Labute approximate surface area is 372 Å². The van der Waals surface area contributed by atoms with Gasteiger partial charge >= 0.3 is 6.03 Å². The molecule has 0 saturated carbocycles. The summed E-state index contributed by atoms with van der Waals surface area (Å²) in [7, 11) is 0. The Morgan fingerprint density at radius 1 is 0.984 bits per heavy atom. The van der Waals surface area contributed by atoms with Crippen LogP contribution in [-0.4, -0.2) is 92.2 Å². The molecular weight excluding hydrogens is 811 g/mol. The van der Waals surface area contributed by atoms with Gasteiger partial charge in [0.15, 0.2) is 0 Å². The van der Waals surface area contributed by atoms with Gasteiger partial charge in [-0.25, -0.2) is 19.7 Å². The third kappa shape index (κ3) is 9.98. The van der Waals surface area contributed by atoms with Crippen molar-refractivity contribution in [3.05, 3.63) is 95.5 Å². The first kappa shape index (κ1) is 44.1. The Morgan fingerprint density at radius 3 is 2.52 bits per heavy atom. The smallest absolute Gasteiger partial charge is 0.328 e. The van der Waals surface area contributed by atoms with E-state index < -0.39 is 0 Å². The van der Waals surface area contributed by atoms with E-state index in [0.717, 1.165) is 102 Å². The Balaban J connectivity index is 0.800. The molecule has 64 heavy (non-hydrogen) atoms. The number of fused-ring (bicyclic) bond motifs is 1. The number of benzene rings is 2. The molecule has 2 aliphatic heterocycles. The topological polar surface area (TPSA) is 207 Å². The summed E-state index contributed by atoms with van der Waals surface area (Å²) in [5.41, 5.74) is 8.54. The number of carbonyl (C=O) groups is 3. The van der Waals surface area contributed by atoms with Gasteiger partial charge in [-0.05, 0) is 104 Å². The first-order chi connectivity index (χ1) is 30.8. The maximum atomic E-state index is 12.9. The Bertz CT molecular complexity index is 2620. The molecule has 2 aromatic carbocycles. The number of aromatic nitrogens is 6. The van der Waals surface area contributed by atoms with E-state index in [1.54, 1.807) is 4.90 Å². The number of aliphatic hydroxyl groups is 1. The van der Waals surface area contributed by atoms with Crippen LogP contribution in [0.5, 0.6) is 0 Å². The summed E-state index contributed by atoms with van der Waals surface area (Å²) in [6.45, 7) is 14.7. The summed E-state index contributed by atoms with van der Waals surface area (Å²) in [5, 5.41) is 24.6. The van der Waals surface area contributed by atoms with Gasteiger partial charge in [-0.3, -0.25) is 19.8 Å². The summed E-state index contributed by atoms with van der Waals surface area (Å²) in [6.07, 6.45) is 6.73. The van der Waals surface area contributed by atoms with Crippen LogP contribution in [0.1, 0.15) is 98.9 Å². The minimum Gasteiger partial charge on any atom is -0.392 e. The highest BCUT2D eigenvalue weighted by atomic mass is 16.5. The number of aromatic amines is 1. The number of nitrogens with zero attached hydrogens (tertiary/aromatic N) is 7. The third-order valence-electron chi connectivity index (χ3n) is 12.3. The SMILES string of the molecule is Cc1cc(N2CCC(CNCCNc3ccc(-c4cc5c(-c6ccc([C@@H](C)CCC(=O)c7noc(C(C)(C)C)n7)c(CO)c6)ncnc5[nH]4)cn3)CC2)ccc1N1CCC(=O)NC1=O. The molecule has 3 amide bonds. The number of piperidine rings is 1. The molecule has 8 rings (SSSR count). The van der Waals surface area contributed by atoms with Gasteiger partial charge in [0.2, 0.25) is 23.4 Å². The fourth-order valence-electron chi connectivity index (χ4n) is 8.52. The van der Waals surface area contributed by atoms with Crippen molar-refractivity contribution >= 4 is 45.9 Å². The van der Waals surface area contributed by atoms with Gasteiger partial charge < -0.3 is 30.1 Å². The van der Waals surface area contributed by atoms with Crippen molar-refractivity contribution in [3.63, 3.8) is 0 Å². The standard InChI is InChI=1S/C48H57N11O5/c1-29(6-12-40(61)45-56-46(64-57-45)48(3,4)5)36-10-7-32(23-34(36)27-60)43-37-24-38(54-44(37)53-28-52-43)33-8-13-41(51-26-33)50-18-17-49-25-31-14-19-58(20-15-31)35-9-11-39(30(2)22-35)59-21-16-42(62)55-47(59)63/h7-11,13,22-24,26,28-29,31,49,60H,6,12,14-21,25,27H2,1-5H3,(H,50,51)(H,52,53,54)(H,55,62,63)/t29-/m0/s1. The number of carbonyl (C=O) groups excluding carboxylic acids is 3. The summed E-state index contributed by atoms with van der Waals surface area (Å²) < 4.78 is 5.31. The first-order valence-corrected chi connectivity index (χ1v) is 22.2. The highest BCUT2D eigenvalue weighted by Crippen LogP contribution is 2.34. The molecule has 16 nitrogen and oxygen atoms in total. The molecule has 6 heterocycles. The van der Waals surface area contributed by atoms with Crippen molar-refractivity contribution in [1.29, 1.82) is 0 Å². The van der Waals surface area contributed by atoms with Crippen LogP contribution in [0.25, 0.3) is 33.5 Å². The van der Waals surface area contributed by atoms with Crippen molar-refractivity contribution in [1.82, 2.24) is 40.7 Å². The quantitative estimate of drug-likeness (QED) is 0.0479. The fourth-order valence-corrected chi connectivity index (χ4v) is 8.52. The predicted octanol–water partition coefficient (Wildman–Crippen LogP) is 7.30. The second-order valence-electron chi connectivity index (χ2n) is 18.0. The molecule has 0 radical (unpaired) electrons. The highest BCUT2D eigenvalue weighted by Gasteiger charge is 2.27. The number of imide groups is 1. The van der Waals surface area contributed by atoms with Crippen molar-refractivity contribution in [3.8, 4) is 22.5 Å². The number of nitrogens with one attached hydrogen (secondary N) is 4. The second kappa shape index (κ2) is 19.1. The van der Waals surface area contributed by atoms with Gasteiger partial charge in [0.25, 0.3) is 0 Å². The van der Waals surface area contributed by atoms with Crippen LogP contribution < -0.4 is 25.8 Å². The van der Waals surface area contributed by atoms with E-state index in [0.29, 0.717) is 36.8 Å². The van der Waals surface area contributed by atoms with E-state index >= 15 is 0 Å². The van der Waals surface area contributed by atoms with Gasteiger partial charge in [-0.1, -0.05) is 45.0 Å². The molecule has 0 aliphatic carbocycles. The fraction of sp³-hybridized carbons (Fsp3) is 0.417. The van der Waals surface area contributed by atoms with Gasteiger partial charge in [0, 0.05) is 90.8 Å². The van der Waals surface area contributed by atoms with Crippen LogP contribution in [0.4, 0.5) is 22.0 Å². The Hall–Kier alpha value is -6.52. The summed E-state index contributed by atoms with van der Waals surface area (Å²) in [6, 6.07) is 17.9. The number of urea groups is 1. The van der Waals surface area contributed by atoms with Gasteiger partial charge in [-0.2, -0.15) is 4.98 Å². The van der Waals surface area contributed by atoms with E-state index in [4.69, 9.17) is 4.52 Å². The van der Waals surface area contributed by atoms with Gasteiger partial charge in [0.1, 0.15) is 17.8 Å². The third-order valence-corrected chi connectivity index (χ3v) is 12.3. The second-order valence-corrected chi connectivity index (χ2v) is 18.0. The number of aryl methyl sites for hydroxylation is 1. The molecule has 1 atom stereocenters. The van der Waals surface area contributed by atoms with E-state index in [1.165, 1.54) is 12.0 Å². The van der Waals surface area contributed by atoms with E-state index in [2.05, 4.69) is 70.0 Å². The number of Topliss-reactive ketones (excluding diaryl/α,β-unsaturated/α-hetero) is 1. The molecule has 16 heteroatoms. The lowest BCUT2D eigenvalue weighted by Crippen LogP contribution is -2.49. The molecule has 2 aliphatic rings. The molecule has 5 N–H and O–H groups in total. The average molecular weight is 868 g/mol. The Morgan fingerprint density at radius 2 is 1.80 bits per heavy atom. The summed E-state index contributed by atoms with van der Waals surface area (Å²) in [4.78, 5) is 62.4. The van der Waals surface area contributed by atoms with Crippen molar-refractivity contribution in [2.24, 2.45) is 5.92 Å². The molecule has 2 saturated heterocycles. The van der Waals surface area contributed by atoms with E-state index in [1.807, 2.05) is 76.4 Å². The molecule has 6 aromatic rings. The number of amides is 3. The lowest BCUT2D eigenvalue weighted by Gasteiger charge is -2.34. The summed E-state index contributed by atoms with van der Waals surface area (Å²) in [5.74, 6) is 1.55. The van der Waals surface area contributed by atoms with Crippen LogP contribution in [0.3, 0.4) is 0 Å². The van der Waals surface area contributed by atoms with Crippen LogP contribution >= 0.6 is 0 Å². The number of pyridine rings is 1. The number of H-pyrrole nitrogens is 1. The number of rotatable bonds is 16. The number of ketones is 1. The van der Waals surface area contributed by atoms with Crippen LogP contribution in [0.15, 0.2) is 71.6 Å². The minimum atomic E-state index is -0.356. The Kier molecular flexibility index (Phi) is 13.1. The predicted molar refractivity (Wildman–Crippen MR) is 246 cm³/mol. The molecule has 0 unspecified atom stereocenters. The number of anilines is 3. The van der Waals surface area contributed by atoms with E-state index in [9.17, 15) is 19.5 Å². The largest absolute Gasteiger partial charge is 0.392 e. The average Bonchev–Trinajstić information content (AvgIpc) is 3.98. The molecular formula is C48H57N11O5. The maximum Gasteiger partial charge on any atom is 0.328 e. The zero-order chi connectivity index (χ0) is 45.0. The van der Waals surface area contributed by atoms with Crippen LogP contribution in [0, 0.1) is 12.8 Å². The lowest BCUT2D eigenvalue weighted by molar-refractivity contribution is -0.120. The maximum absolute atomic E-state index is 12.9. The molecule has 2 fully saturated rings. The summed E-state index contributed by atoms with van der Waals surface area (Å²) >= 11 is 0. The minimum absolute atomic E-state index is 0.00568. The highest BCUT2D eigenvalue weighted by molar-refractivity contribution is 6.06. The number of hydrogen-bond acceptors (Lipinski definition) is 13. The monoisotopic (exact) mass is 867 g/mol.